The van der Waals surface area contributed by atoms with Gasteiger partial charge in [-0.1, -0.05) is 29.0 Å². The molecule has 4 radical (unpaired) electrons. The fourth-order valence-electron chi connectivity index (χ4n) is 4.52. The van der Waals surface area contributed by atoms with E-state index in [0.717, 1.165) is 40.0 Å². The molecule has 3 unspecified atom stereocenters. The van der Waals surface area contributed by atoms with Crippen LogP contribution in [-0.2, 0) is 22.8 Å². The summed E-state index contributed by atoms with van der Waals surface area (Å²) in [4.78, 5) is 0. The second-order valence-electron chi connectivity index (χ2n) is 8.46. The Morgan fingerprint density at radius 3 is 2.69 bits per heavy atom. The van der Waals surface area contributed by atoms with E-state index >= 15 is 0 Å². The summed E-state index contributed by atoms with van der Waals surface area (Å²) in [6, 6.07) is 10.4. The van der Waals surface area contributed by atoms with Gasteiger partial charge in [-0.2, -0.15) is 0 Å². The summed E-state index contributed by atoms with van der Waals surface area (Å²) in [5.41, 5.74) is 6.57. The third kappa shape index (κ3) is 3.98. The van der Waals surface area contributed by atoms with Crippen LogP contribution in [0.25, 0.3) is 0 Å². The predicted molar refractivity (Wildman–Crippen MR) is 114 cm³/mol. The zero-order valence-corrected chi connectivity index (χ0v) is 17.0. The Bertz CT molecular complexity index is 912. The van der Waals surface area contributed by atoms with Gasteiger partial charge in [0, 0.05) is 18.4 Å². The van der Waals surface area contributed by atoms with E-state index in [1.165, 1.54) is 5.56 Å². The van der Waals surface area contributed by atoms with Crippen LogP contribution in [0.4, 0.5) is 0 Å². The number of aliphatic hydroxyl groups excluding tert-OH is 2. The van der Waals surface area contributed by atoms with E-state index < -0.39 is 11.3 Å². The zero-order chi connectivity index (χ0) is 20.8. The average molecular weight is 388 g/mol. The molecule has 2 aromatic rings. The van der Waals surface area contributed by atoms with Crippen molar-refractivity contribution in [2.45, 2.75) is 56.1 Å². The Labute approximate surface area is 175 Å². The van der Waals surface area contributed by atoms with Gasteiger partial charge in [-0.05, 0) is 54.2 Å². The summed E-state index contributed by atoms with van der Waals surface area (Å²) in [6.45, 7) is 1.95. The number of methoxy groups -OCH3 is 1. The third-order valence-electron chi connectivity index (χ3n) is 6.17. The van der Waals surface area contributed by atoms with Crippen LogP contribution in [0, 0.1) is 6.92 Å². The maximum atomic E-state index is 10.2. The molecular formula is C23H26B2O4. The lowest BCUT2D eigenvalue weighted by molar-refractivity contribution is -0.114. The molecule has 148 valence electrons. The van der Waals surface area contributed by atoms with Crippen LogP contribution in [0.5, 0.6) is 5.75 Å². The lowest BCUT2D eigenvalue weighted by Gasteiger charge is -2.39. The van der Waals surface area contributed by atoms with Gasteiger partial charge in [0.15, 0.2) is 0 Å². The smallest absolute Gasteiger partial charge is 0.124 e. The molecule has 0 saturated carbocycles. The maximum absolute atomic E-state index is 10.2. The summed E-state index contributed by atoms with van der Waals surface area (Å²) >= 11 is 0. The zero-order valence-electron chi connectivity index (χ0n) is 17.0. The number of aliphatic hydroxyl groups is 2. The molecule has 2 N–H and O–H groups in total. The minimum Gasteiger partial charge on any atom is -0.496 e. The summed E-state index contributed by atoms with van der Waals surface area (Å²) in [6.07, 6.45) is 1.19. The molecular weight excluding hydrogens is 362 g/mol. The van der Waals surface area contributed by atoms with Crippen LogP contribution in [0.3, 0.4) is 0 Å². The molecule has 29 heavy (non-hydrogen) atoms. The number of hydrogen-bond acceptors (Lipinski definition) is 4. The normalized spacial score (nSPS) is 25.2. The third-order valence-corrected chi connectivity index (χ3v) is 6.17. The molecule has 1 fully saturated rings. The van der Waals surface area contributed by atoms with Gasteiger partial charge in [0.25, 0.3) is 0 Å². The van der Waals surface area contributed by atoms with E-state index in [1.54, 1.807) is 7.11 Å². The van der Waals surface area contributed by atoms with E-state index in [0.29, 0.717) is 19.3 Å². The van der Waals surface area contributed by atoms with Crippen molar-refractivity contribution in [1.82, 2.24) is 0 Å². The minimum absolute atomic E-state index is 0.107. The SMILES string of the molecule is [B]C1([B])Cc2ccc(Cc3cc(C4CC(O)CC(CO)O4)c(OC)cc3C)cc21. The molecule has 3 atom stereocenters. The summed E-state index contributed by atoms with van der Waals surface area (Å²) in [5, 5.41) is 19.0. The van der Waals surface area contributed by atoms with Gasteiger partial charge >= 0.3 is 0 Å². The van der Waals surface area contributed by atoms with Gasteiger partial charge in [0.1, 0.15) is 5.75 Å². The number of aryl methyl sites for hydroxylation is 1. The maximum Gasteiger partial charge on any atom is 0.124 e. The predicted octanol–water partition coefficient (Wildman–Crippen LogP) is 2.21. The second kappa shape index (κ2) is 7.82. The van der Waals surface area contributed by atoms with Crippen molar-refractivity contribution in [1.29, 1.82) is 0 Å². The van der Waals surface area contributed by atoms with E-state index in [1.807, 2.05) is 6.07 Å². The molecule has 1 aliphatic carbocycles. The molecule has 6 heteroatoms. The quantitative estimate of drug-likeness (QED) is 0.772. The van der Waals surface area contributed by atoms with Crippen LogP contribution in [0.1, 0.15) is 52.3 Å². The van der Waals surface area contributed by atoms with Gasteiger partial charge < -0.3 is 19.7 Å². The highest BCUT2D eigenvalue weighted by Crippen LogP contribution is 2.39. The molecule has 1 heterocycles. The monoisotopic (exact) mass is 388 g/mol. The summed E-state index contributed by atoms with van der Waals surface area (Å²) in [5.74, 6) is 0.738. The fraction of sp³-hybridized carbons (Fsp3) is 0.478. The molecule has 4 rings (SSSR count). The van der Waals surface area contributed by atoms with E-state index in [-0.39, 0.29) is 18.8 Å². The number of fused-ring (bicyclic) bond motifs is 1. The lowest BCUT2D eigenvalue weighted by atomic mass is 9.42. The highest BCUT2D eigenvalue weighted by molar-refractivity contribution is 6.41. The first-order valence-electron chi connectivity index (χ1n) is 10.1. The van der Waals surface area contributed by atoms with Crippen molar-refractivity contribution in [2.75, 3.05) is 13.7 Å². The molecule has 0 aromatic heterocycles. The first-order valence-corrected chi connectivity index (χ1v) is 10.1. The van der Waals surface area contributed by atoms with Crippen molar-refractivity contribution in [3.63, 3.8) is 0 Å². The van der Waals surface area contributed by atoms with E-state index in [2.05, 4.69) is 31.2 Å². The highest BCUT2D eigenvalue weighted by atomic mass is 16.5. The topological polar surface area (TPSA) is 58.9 Å². The molecule has 1 aliphatic heterocycles. The standard InChI is InChI=1S/C23H26B2O4/c1-13-5-21(28-2)19(22-10-17(27)9-18(12-26)29-22)8-16(13)6-14-3-4-15-11-23(24,25)20(15)7-14/h3-5,7-8,17-18,22,26-27H,6,9-12H2,1-2H3. The van der Waals surface area contributed by atoms with Crippen molar-refractivity contribution in [3.8, 4) is 5.75 Å². The molecule has 2 aromatic carbocycles. The van der Waals surface area contributed by atoms with Gasteiger partial charge in [-0.3, -0.25) is 0 Å². The number of hydrogen-bond donors (Lipinski definition) is 2. The Kier molecular flexibility index (Phi) is 5.54. The van der Waals surface area contributed by atoms with Crippen LogP contribution in [0.2, 0.25) is 0 Å². The van der Waals surface area contributed by atoms with Crippen LogP contribution in [0.15, 0.2) is 30.3 Å². The largest absolute Gasteiger partial charge is 0.496 e. The van der Waals surface area contributed by atoms with Crippen molar-refractivity contribution < 1.29 is 19.7 Å². The van der Waals surface area contributed by atoms with Gasteiger partial charge in [0.05, 0.1) is 47.7 Å². The molecule has 1 saturated heterocycles. The second-order valence-corrected chi connectivity index (χ2v) is 8.46. The summed E-state index contributed by atoms with van der Waals surface area (Å²) in [7, 11) is 13.9. The average Bonchev–Trinajstić information content (AvgIpc) is 2.69. The van der Waals surface area contributed by atoms with Gasteiger partial charge in [-0.25, -0.2) is 0 Å². The van der Waals surface area contributed by atoms with Crippen LogP contribution in [-0.4, -0.2) is 51.8 Å². The van der Waals surface area contributed by atoms with Gasteiger partial charge in [-0.15, -0.1) is 0 Å². The van der Waals surface area contributed by atoms with E-state index in [9.17, 15) is 10.2 Å². The minimum atomic E-state index is -0.725. The highest BCUT2D eigenvalue weighted by Gasteiger charge is 2.33. The van der Waals surface area contributed by atoms with E-state index in [4.69, 9.17) is 25.2 Å². The Balaban J connectivity index is 1.65. The molecule has 0 spiro atoms. The Hall–Kier alpha value is -1.75. The van der Waals surface area contributed by atoms with Crippen molar-refractivity contribution in [2.24, 2.45) is 0 Å². The number of benzene rings is 2. The Morgan fingerprint density at radius 1 is 1.21 bits per heavy atom. The molecule has 2 aliphatic rings. The molecule has 0 bridgehead atoms. The van der Waals surface area contributed by atoms with Crippen molar-refractivity contribution in [3.05, 3.63) is 63.7 Å². The number of rotatable bonds is 5. The first kappa shape index (κ1) is 20.5. The van der Waals surface area contributed by atoms with Gasteiger partial charge in [0.2, 0.25) is 0 Å². The van der Waals surface area contributed by atoms with Crippen LogP contribution < -0.4 is 4.74 Å². The molecule has 4 nitrogen and oxygen atoms in total. The lowest BCUT2D eigenvalue weighted by Crippen LogP contribution is -2.39. The van der Waals surface area contributed by atoms with Crippen LogP contribution >= 0.6 is 0 Å². The molecule has 0 amide bonds. The van der Waals surface area contributed by atoms with Crippen molar-refractivity contribution >= 4 is 15.7 Å². The fourth-order valence-corrected chi connectivity index (χ4v) is 4.52. The Morgan fingerprint density at radius 2 is 2.00 bits per heavy atom. The number of ether oxygens (including phenoxy) is 2. The first-order chi connectivity index (χ1) is 13.8. The summed E-state index contributed by atoms with van der Waals surface area (Å²) < 4.78 is 11.6.